The summed E-state index contributed by atoms with van der Waals surface area (Å²) in [5, 5.41) is 3.33. The van der Waals surface area contributed by atoms with E-state index in [1.807, 2.05) is 13.2 Å². The topological polar surface area (TPSA) is 62.9 Å². The van der Waals surface area contributed by atoms with Crippen LogP contribution in [0.25, 0.3) is 0 Å². The third kappa shape index (κ3) is 4.22. The Bertz CT molecular complexity index is 504. The maximum Gasteiger partial charge on any atom is 0.213 e. The van der Waals surface area contributed by atoms with Crippen LogP contribution in [0.2, 0.25) is 0 Å². The van der Waals surface area contributed by atoms with Gasteiger partial charge in [-0.1, -0.05) is 20.8 Å². The van der Waals surface area contributed by atoms with Gasteiger partial charge in [0.15, 0.2) is 5.96 Å². The molecule has 1 unspecified atom stereocenters. The Hall–Kier alpha value is -1.56. The van der Waals surface area contributed by atoms with Crippen LogP contribution in [0.1, 0.15) is 38.8 Å². The Labute approximate surface area is 133 Å². The van der Waals surface area contributed by atoms with E-state index in [-0.39, 0.29) is 5.41 Å². The van der Waals surface area contributed by atoms with Crippen LogP contribution >= 0.6 is 0 Å². The fourth-order valence-electron chi connectivity index (χ4n) is 2.62. The molecule has 1 atom stereocenters. The van der Waals surface area contributed by atoms with E-state index in [1.165, 1.54) is 0 Å². The maximum atomic E-state index is 5.80. The highest BCUT2D eigenvalue weighted by Crippen LogP contribution is 2.22. The first-order chi connectivity index (χ1) is 10.4. The van der Waals surface area contributed by atoms with Crippen molar-refractivity contribution in [3.63, 3.8) is 0 Å². The molecule has 0 amide bonds. The van der Waals surface area contributed by atoms with Gasteiger partial charge < -0.3 is 19.4 Å². The number of nitrogens with one attached hydrogen (secondary N) is 1. The van der Waals surface area contributed by atoms with Crippen LogP contribution in [-0.2, 0) is 16.7 Å². The number of methoxy groups -OCH3 is 1. The number of aliphatic imine (C=N–C) groups is 1. The minimum atomic E-state index is -0.0186. The molecule has 1 saturated heterocycles. The van der Waals surface area contributed by atoms with E-state index in [1.54, 1.807) is 7.11 Å². The molecule has 0 aliphatic carbocycles. The molecule has 22 heavy (non-hydrogen) atoms. The predicted octanol–water partition coefficient (Wildman–Crippen LogP) is 2.02. The highest BCUT2D eigenvalue weighted by atomic mass is 16.5. The molecule has 1 aromatic rings. The molecule has 1 aliphatic rings. The van der Waals surface area contributed by atoms with E-state index in [0.717, 1.165) is 37.8 Å². The third-order valence-electron chi connectivity index (χ3n) is 3.89. The second-order valence-corrected chi connectivity index (χ2v) is 6.83. The molecule has 6 heteroatoms. The number of aromatic nitrogens is 1. The quantitative estimate of drug-likeness (QED) is 0.681. The van der Waals surface area contributed by atoms with Crippen LogP contribution in [-0.4, -0.2) is 49.7 Å². The van der Waals surface area contributed by atoms with Gasteiger partial charge >= 0.3 is 0 Å². The van der Waals surface area contributed by atoms with E-state index in [9.17, 15) is 0 Å². The van der Waals surface area contributed by atoms with Crippen molar-refractivity contribution in [2.75, 3.05) is 33.9 Å². The van der Waals surface area contributed by atoms with E-state index in [4.69, 9.17) is 9.15 Å². The third-order valence-corrected chi connectivity index (χ3v) is 3.89. The highest BCUT2D eigenvalue weighted by molar-refractivity contribution is 5.80. The first-order valence-electron chi connectivity index (χ1n) is 7.83. The summed E-state index contributed by atoms with van der Waals surface area (Å²) in [6.45, 7) is 9.69. The molecule has 0 aromatic carbocycles. The summed E-state index contributed by atoms with van der Waals surface area (Å²) in [5.41, 5.74) is -0.0186. The summed E-state index contributed by atoms with van der Waals surface area (Å²) in [5.74, 6) is 3.08. The number of guanidine groups is 1. The fraction of sp³-hybridized carbons (Fsp3) is 0.750. The van der Waals surface area contributed by atoms with Gasteiger partial charge in [0, 0.05) is 38.6 Å². The van der Waals surface area contributed by atoms with Crippen LogP contribution in [0.4, 0.5) is 0 Å². The summed E-state index contributed by atoms with van der Waals surface area (Å²) in [6, 6.07) is 0. The zero-order valence-electron chi connectivity index (χ0n) is 14.3. The van der Waals surface area contributed by atoms with Gasteiger partial charge in [0.2, 0.25) is 5.89 Å². The van der Waals surface area contributed by atoms with Crippen LogP contribution in [0.3, 0.4) is 0 Å². The van der Waals surface area contributed by atoms with Gasteiger partial charge in [-0.2, -0.15) is 0 Å². The van der Waals surface area contributed by atoms with Crippen molar-refractivity contribution in [1.82, 2.24) is 15.2 Å². The number of nitrogens with zero attached hydrogens (tertiary/aromatic N) is 3. The molecule has 0 radical (unpaired) electrons. The molecule has 1 fully saturated rings. The average molecular weight is 308 g/mol. The van der Waals surface area contributed by atoms with Crippen LogP contribution < -0.4 is 5.32 Å². The number of ether oxygens (including phenoxy) is 1. The van der Waals surface area contributed by atoms with Gasteiger partial charge in [-0.3, -0.25) is 4.99 Å². The van der Waals surface area contributed by atoms with Crippen molar-refractivity contribution in [2.45, 2.75) is 39.2 Å². The van der Waals surface area contributed by atoms with Crippen molar-refractivity contribution < 1.29 is 9.15 Å². The van der Waals surface area contributed by atoms with Crippen molar-refractivity contribution >= 4 is 5.96 Å². The van der Waals surface area contributed by atoms with E-state index in [0.29, 0.717) is 18.4 Å². The maximum absolute atomic E-state index is 5.80. The number of oxazole rings is 1. The molecule has 0 bridgehead atoms. The molecule has 0 saturated carbocycles. The Morgan fingerprint density at radius 1 is 1.55 bits per heavy atom. The minimum absolute atomic E-state index is 0.0186. The number of likely N-dealkylation sites (tertiary alicyclic amines) is 1. The second kappa shape index (κ2) is 7.13. The van der Waals surface area contributed by atoms with Crippen molar-refractivity contribution in [3.8, 4) is 0 Å². The molecule has 1 N–H and O–H groups in total. The van der Waals surface area contributed by atoms with Gasteiger partial charge in [0.25, 0.3) is 0 Å². The van der Waals surface area contributed by atoms with Gasteiger partial charge in [0.05, 0.1) is 19.3 Å². The second-order valence-electron chi connectivity index (χ2n) is 6.83. The first kappa shape index (κ1) is 16.8. The fourth-order valence-corrected chi connectivity index (χ4v) is 2.62. The van der Waals surface area contributed by atoms with Crippen molar-refractivity contribution in [3.05, 3.63) is 17.8 Å². The molecule has 2 rings (SSSR count). The van der Waals surface area contributed by atoms with Crippen LogP contribution in [0, 0.1) is 5.92 Å². The molecular formula is C16H28N4O2. The zero-order chi connectivity index (χ0) is 16.2. The molecule has 0 spiro atoms. The molecule has 1 aromatic heterocycles. The first-order valence-corrected chi connectivity index (χ1v) is 7.83. The van der Waals surface area contributed by atoms with Crippen LogP contribution in [0.15, 0.2) is 15.6 Å². The lowest BCUT2D eigenvalue weighted by molar-refractivity contribution is 0.157. The lowest BCUT2D eigenvalue weighted by Crippen LogP contribution is -2.39. The number of hydrogen-bond acceptors (Lipinski definition) is 4. The van der Waals surface area contributed by atoms with Crippen molar-refractivity contribution in [2.24, 2.45) is 10.9 Å². The van der Waals surface area contributed by atoms with E-state index in [2.05, 4.69) is 41.0 Å². The monoisotopic (exact) mass is 308 g/mol. The molecular weight excluding hydrogens is 280 g/mol. The Morgan fingerprint density at radius 3 is 2.91 bits per heavy atom. The number of hydrogen-bond donors (Lipinski definition) is 1. The average Bonchev–Trinajstić information content (AvgIpc) is 3.09. The Kier molecular flexibility index (Phi) is 5.45. The summed E-state index contributed by atoms with van der Waals surface area (Å²) < 4.78 is 11.0. The zero-order valence-corrected chi connectivity index (χ0v) is 14.3. The smallest absolute Gasteiger partial charge is 0.213 e. The lowest BCUT2D eigenvalue weighted by Gasteiger charge is -2.21. The number of rotatable bonds is 4. The summed E-state index contributed by atoms with van der Waals surface area (Å²) in [4.78, 5) is 11.0. The largest absolute Gasteiger partial charge is 0.443 e. The molecule has 124 valence electrons. The normalized spacial score (nSPS) is 19.8. The molecule has 6 nitrogen and oxygen atoms in total. The van der Waals surface area contributed by atoms with Gasteiger partial charge in [-0.05, 0) is 6.42 Å². The summed E-state index contributed by atoms with van der Waals surface area (Å²) in [7, 11) is 3.56. The Balaban J connectivity index is 1.88. The van der Waals surface area contributed by atoms with Crippen LogP contribution in [0.5, 0.6) is 0 Å². The predicted molar refractivity (Wildman–Crippen MR) is 87.0 cm³/mol. The van der Waals surface area contributed by atoms with Gasteiger partial charge in [-0.25, -0.2) is 4.98 Å². The minimum Gasteiger partial charge on any atom is -0.443 e. The van der Waals surface area contributed by atoms with E-state index < -0.39 is 0 Å². The molecule has 2 heterocycles. The SMILES string of the molecule is CN=C(NCc1ncc(C(C)(C)C)o1)N1CCC(COC)C1. The summed E-state index contributed by atoms with van der Waals surface area (Å²) >= 11 is 0. The Morgan fingerprint density at radius 2 is 2.32 bits per heavy atom. The van der Waals surface area contributed by atoms with Gasteiger partial charge in [0.1, 0.15) is 5.76 Å². The highest BCUT2D eigenvalue weighted by Gasteiger charge is 2.25. The summed E-state index contributed by atoms with van der Waals surface area (Å²) in [6.07, 6.45) is 2.95. The van der Waals surface area contributed by atoms with Gasteiger partial charge in [-0.15, -0.1) is 0 Å². The lowest BCUT2D eigenvalue weighted by atomic mass is 9.94. The van der Waals surface area contributed by atoms with Crippen molar-refractivity contribution in [1.29, 1.82) is 0 Å². The van der Waals surface area contributed by atoms with E-state index >= 15 is 0 Å². The molecule has 1 aliphatic heterocycles. The standard InChI is InChI=1S/C16H28N4O2/c1-16(2,3)13-8-18-14(22-13)9-19-15(17-4)20-7-6-12(10-20)11-21-5/h8,12H,6-7,9-11H2,1-5H3,(H,17,19).